The molecule has 2 aromatic carbocycles. The van der Waals surface area contributed by atoms with E-state index in [1.54, 1.807) is 14.2 Å². The molecule has 3 rings (SSSR count). The van der Waals surface area contributed by atoms with Gasteiger partial charge in [0.2, 0.25) is 0 Å². The zero-order valence-corrected chi connectivity index (χ0v) is 14.1. The summed E-state index contributed by atoms with van der Waals surface area (Å²) in [5.74, 6) is 1.77. The maximum Gasteiger partial charge on any atom is 0.123 e. The Morgan fingerprint density at radius 1 is 0.913 bits per heavy atom. The third-order valence-corrected chi connectivity index (χ3v) is 4.30. The topological polar surface area (TPSA) is 18.5 Å². The Labute approximate surface area is 142 Å². The van der Waals surface area contributed by atoms with Gasteiger partial charge in [0.05, 0.1) is 14.2 Å². The van der Waals surface area contributed by atoms with Gasteiger partial charge in [-0.2, -0.15) is 0 Å². The maximum atomic E-state index is 6.04. The van der Waals surface area contributed by atoms with Crippen LogP contribution in [-0.2, 0) is 4.74 Å². The smallest absolute Gasteiger partial charge is 0.123 e. The molecule has 2 aromatic rings. The predicted molar refractivity (Wildman–Crippen MR) is 95.6 cm³/mol. The molecule has 0 saturated carbocycles. The van der Waals surface area contributed by atoms with Crippen LogP contribution in [0.25, 0.3) is 11.1 Å². The second-order valence-corrected chi connectivity index (χ2v) is 5.84. The highest BCUT2D eigenvalue weighted by Gasteiger charge is 2.20. The van der Waals surface area contributed by atoms with Crippen LogP contribution in [0, 0.1) is 0 Å². The molecule has 0 aliphatic heterocycles. The first kappa shape index (κ1) is 15.7. The van der Waals surface area contributed by atoms with Crippen molar-refractivity contribution in [2.45, 2.75) is 12.8 Å². The Morgan fingerprint density at radius 3 is 2.39 bits per heavy atom. The van der Waals surface area contributed by atoms with Gasteiger partial charge in [-0.05, 0) is 59.9 Å². The number of allylic oxidation sites excluding steroid dienone is 3. The molecular weight excluding hydrogens is 308 g/mol. The average Bonchev–Trinajstić information content (AvgIpc) is 2.62. The summed E-state index contributed by atoms with van der Waals surface area (Å²) in [6.45, 7) is 0. The van der Waals surface area contributed by atoms with Gasteiger partial charge < -0.3 is 9.47 Å². The van der Waals surface area contributed by atoms with Crippen LogP contribution in [0.2, 0.25) is 5.02 Å². The normalized spacial score (nSPS) is 14.5. The molecule has 0 amide bonds. The standard InChI is InChI=1S/C20H19ClO2/c1-22-17-6-3-5-15(13-17)18-7-4-8-19(23-2)20(18)14-9-11-16(21)12-10-14/h3,5-6,8-13H,4,7H2,1-2H3. The zero-order valence-electron chi connectivity index (χ0n) is 13.3. The van der Waals surface area contributed by atoms with Crippen LogP contribution >= 0.6 is 11.6 Å². The molecule has 1 aliphatic carbocycles. The second kappa shape index (κ2) is 6.93. The van der Waals surface area contributed by atoms with Gasteiger partial charge in [-0.15, -0.1) is 0 Å². The molecule has 0 fully saturated rings. The summed E-state index contributed by atoms with van der Waals surface area (Å²) in [5, 5.41) is 0.732. The summed E-state index contributed by atoms with van der Waals surface area (Å²) in [4.78, 5) is 0. The van der Waals surface area contributed by atoms with Crippen LogP contribution in [0.1, 0.15) is 24.0 Å². The largest absolute Gasteiger partial charge is 0.497 e. The van der Waals surface area contributed by atoms with E-state index in [1.165, 1.54) is 5.57 Å². The highest BCUT2D eigenvalue weighted by atomic mass is 35.5. The van der Waals surface area contributed by atoms with Crippen molar-refractivity contribution < 1.29 is 9.47 Å². The van der Waals surface area contributed by atoms with Crippen molar-refractivity contribution in [1.29, 1.82) is 0 Å². The van der Waals surface area contributed by atoms with Gasteiger partial charge in [-0.1, -0.05) is 35.9 Å². The SMILES string of the molecule is COC1=CCCC(c2cccc(OC)c2)=C1c1ccc(Cl)cc1. The fraction of sp³-hybridized carbons (Fsp3) is 0.200. The molecule has 1 aliphatic rings. The van der Waals surface area contributed by atoms with Crippen molar-refractivity contribution in [2.24, 2.45) is 0 Å². The summed E-state index contributed by atoms with van der Waals surface area (Å²) in [6, 6.07) is 16.1. The minimum absolute atomic E-state index is 0.732. The Hall–Kier alpha value is -2.19. The predicted octanol–water partition coefficient (Wildman–Crippen LogP) is 5.58. The van der Waals surface area contributed by atoms with Gasteiger partial charge in [-0.25, -0.2) is 0 Å². The molecule has 0 spiro atoms. The number of hydrogen-bond donors (Lipinski definition) is 0. The van der Waals surface area contributed by atoms with Gasteiger partial charge in [0.1, 0.15) is 11.5 Å². The lowest BCUT2D eigenvalue weighted by Gasteiger charge is -2.22. The number of ether oxygens (including phenoxy) is 2. The Balaban J connectivity index is 2.17. The number of halogens is 1. The van der Waals surface area contributed by atoms with Crippen LogP contribution in [0.5, 0.6) is 5.75 Å². The van der Waals surface area contributed by atoms with Crippen molar-refractivity contribution in [3.63, 3.8) is 0 Å². The van der Waals surface area contributed by atoms with E-state index in [2.05, 4.69) is 18.2 Å². The zero-order chi connectivity index (χ0) is 16.2. The van der Waals surface area contributed by atoms with E-state index < -0.39 is 0 Å². The van der Waals surface area contributed by atoms with Crippen LogP contribution in [0.3, 0.4) is 0 Å². The molecule has 3 heteroatoms. The third kappa shape index (κ3) is 3.27. The van der Waals surface area contributed by atoms with Crippen molar-refractivity contribution in [2.75, 3.05) is 14.2 Å². The van der Waals surface area contributed by atoms with Gasteiger partial charge in [-0.3, -0.25) is 0 Å². The van der Waals surface area contributed by atoms with E-state index in [4.69, 9.17) is 21.1 Å². The number of benzene rings is 2. The molecule has 0 aromatic heterocycles. The minimum atomic E-state index is 0.732. The quantitative estimate of drug-likeness (QED) is 0.729. The lowest BCUT2D eigenvalue weighted by Crippen LogP contribution is -2.03. The molecule has 0 bridgehead atoms. The summed E-state index contributed by atoms with van der Waals surface area (Å²) >= 11 is 6.04. The van der Waals surface area contributed by atoms with Gasteiger partial charge in [0.25, 0.3) is 0 Å². The molecule has 0 radical (unpaired) electrons. The van der Waals surface area contributed by atoms with Crippen LogP contribution in [-0.4, -0.2) is 14.2 Å². The highest BCUT2D eigenvalue weighted by Crippen LogP contribution is 2.39. The maximum absolute atomic E-state index is 6.04. The summed E-state index contributed by atoms with van der Waals surface area (Å²) in [5.41, 5.74) is 4.67. The van der Waals surface area contributed by atoms with Crippen molar-refractivity contribution >= 4 is 22.7 Å². The summed E-state index contributed by atoms with van der Waals surface area (Å²) < 4.78 is 11.0. The number of rotatable bonds is 4. The number of hydrogen-bond acceptors (Lipinski definition) is 2. The molecule has 0 heterocycles. The molecule has 0 saturated heterocycles. The minimum Gasteiger partial charge on any atom is -0.497 e. The Morgan fingerprint density at radius 2 is 1.70 bits per heavy atom. The van der Waals surface area contributed by atoms with E-state index in [9.17, 15) is 0 Å². The highest BCUT2D eigenvalue weighted by molar-refractivity contribution is 6.30. The van der Waals surface area contributed by atoms with Crippen molar-refractivity contribution in [3.8, 4) is 5.75 Å². The lowest BCUT2D eigenvalue weighted by molar-refractivity contribution is 0.308. The first-order valence-electron chi connectivity index (χ1n) is 7.61. The van der Waals surface area contributed by atoms with Crippen molar-refractivity contribution in [3.05, 3.63) is 76.5 Å². The van der Waals surface area contributed by atoms with Crippen LogP contribution in [0.15, 0.2) is 60.4 Å². The molecule has 0 atom stereocenters. The molecule has 0 unspecified atom stereocenters. The monoisotopic (exact) mass is 326 g/mol. The van der Waals surface area contributed by atoms with Crippen LogP contribution in [0.4, 0.5) is 0 Å². The molecule has 23 heavy (non-hydrogen) atoms. The Bertz CT molecular complexity index is 757. The van der Waals surface area contributed by atoms with E-state index in [-0.39, 0.29) is 0 Å². The van der Waals surface area contributed by atoms with Crippen molar-refractivity contribution in [1.82, 2.24) is 0 Å². The molecular formula is C20H19ClO2. The lowest BCUT2D eigenvalue weighted by atomic mass is 9.86. The number of methoxy groups -OCH3 is 2. The van der Waals surface area contributed by atoms with Gasteiger partial charge in [0, 0.05) is 10.6 Å². The van der Waals surface area contributed by atoms with Gasteiger partial charge >= 0.3 is 0 Å². The fourth-order valence-electron chi connectivity index (χ4n) is 2.94. The summed E-state index contributed by atoms with van der Waals surface area (Å²) in [7, 11) is 3.41. The van der Waals surface area contributed by atoms with Gasteiger partial charge in [0.15, 0.2) is 0 Å². The van der Waals surface area contributed by atoms with E-state index in [0.29, 0.717) is 0 Å². The van der Waals surface area contributed by atoms with Crippen LogP contribution < -0.4 is 4.74 Å². The first-order chi connectivity index (χ1) is 11.2. The molecule has 0 N–H and O–H groups in total. The Kier molecular flexibility index (Phi) is 4.73. The van der Waals surface area contributed by atoms with E-state index in [0.717, 1.165) is 46.1 Å². The molecule has 2 nitrogen and oxygen atoms in total. The fourth-order valence-corrected chi connectivity index (χ4v) is 3.07. The summed E-state index contributed by atoms with van der Waals surface area (Å²) in [6.07, 6.45) is 4.08. The third-order valence-electron chi connectivity index (χ3n) is 4.04. The molecule has 118 valence electrons. The second-order valence-electron chi connectivity index (χ2n) is 5.40. The first-order valence-corrected chi connectivity index (χ1v) is 7.98. The average molecular weight is 327 g/mol. The van der Waals surface area contributed by atoms with E-state index in [1.807, 2.05) is 36.4 Å². The van der Waals surface area contributed by atoms with E-state index >= 15 is 0 Å².